The van der Waals surface area contributed by atoms with Gasteiger partial charge >= 0.3 is 6.16 Å². The summed E-state index contributed by atoms with van der Waals surface area (Å²) < 4.78 is 15.0. The molecule has 0 fully saturated rings. The highest BCUT2D eigenvalue weighted by molar-refractivity contribution is 6.74. The molecule has 4 nitrogen and oxygen atoms in total. The van der Waals surface area contributed by atoms with Crippen molar-refractivity contribution in [2.24, 2.45) is 0 Å². The Morgan fingerprint density at radius 2 is 1.84 bits per heavy atom. The molecule has 0 amide bonds. The maximum absolute atomic E-state index is 10.6. The molecular weight excluding hydrogens is 260 g/mol. The Labute approximate surface area is 117 Å². The predicted molar refractivity (Wildman–Crippen MR) is 78.5 cm³/mol. The maximum Gasteiger partial charge on any atom is 0.508 e. The van der Waals surface area contributed by atoms with Crippen molar-refractivity contribution in [3.05, 3.63) is 0 Å². The third kappa shape index (κ3) is 7.91. The summed E-state index contributed by atoms with van der Waals surface area (Å²) in [5.41, 5.74) is 0. The van der Waals surface area contributed by atoms with E-state index in [0.29, 0.717) is 0 Å². The Kier molecular flexibility index (Phi) is 7.80. The van der Waals surface area contributed by atoms with E-state index in [4.69, 9.17) is 4.43 Å². The second-order valence-electron chi connectivity index (χ2n) is 5.81. The minimum Gasteiger partial charge on any atom is -0.438 e. The zero-order valence-electron chi connectivity index (χ0n) is 13.0. The largest absolute Gasteiger partial charge is 0.508 e. The van der Waals surface area contributed by atoms with Gasteiger partial charge in [-0.2, -0.15) is 0 Å². The Bertz CT molecular complexity index is 334. The topological polar surface area (TPSA) is 44.8 Å². The summed E-state index contributed by atoms with van der Waals surface area (Å²) in [6.07, 6.45) is 0.951. The van der Waals surface area contributed by atoms with Crippen LogP contribution in [0.4, 0.5) is 4.79 Å². The molecule has 0 aliphatic rings. The van der Waals surface area contributed by atoms with Crippen molar-refractivity contribution in [2.75, 3.05) is 20.3 Å². The minimum atomic E-state index is -1.63. The molecule has 5 heteroatoms. The summed E-state index contributed by atoms with van der Waals surface area (Å²) in [4.78, 5) is 10.6. The number of hydrogen-bond acceptors (Lipinski definition) is 4. The number of ether oxygens (including phenoxy) is 2. The van der Waals surface area contributed by atoms with Crippen LogP contribution in [0.25, 0.3) is 0 Å². The third-order valence-corrected chi connectivity index (χ3v) is 7.81. The first-order valence-electron chi connectivity index (χ1n) is 6.51. The highest BCUT2D eigenvalue weighted by Crippen LogP contribution is 2.36. The van der Waals surface area contributed by atoms with Gasteiger partial charge in [0.05, 0.1) is 7.11 Å². The van der Waals surface area contributed by atoms with Crippen LogP contribution in [0.3, 0.4) is 0 Å². The van der Waals surface area contributed by atoms with Crippen molar-refractivity contribution in [3.8, 4) is 11.8 Å². The van der Waals surface area contributed by atoms with Crippen molar-refractivity contribution in [1.82, 2.24) is 0 Å². The lowest BCUT2D eigenvalue weighted by molar-refractivity contribution is 0.0832. The zero-order chi connectivity index (χ0) is 14.9. The van der Waals surface area contributed by atoms with Crippen molar-refractivity contribution in [1.29, 1.82) is 0 Å². The molecule has 0 radical (unpaired) electrons. The lowest BCUT2D eigenvalue weighted by Gasteiger charge is -2.36. The number of rotatable bonds is 5. The molecule has 0 bridgehead atoms. The molecule has 0 rings (SSSR count). The first kappa shape index (κ1) is 18.0. The van der Waals surface area contributed by atoms with Crippen molar-refractivity contribution < 1.29 is 18.7 Å². The van der Waals surface area contributed by atoms with Gasteiger partial charge in [0.15, 0.2) is 14.9 Å². The number of methoxy groups -OCH3 is 1. The van der Waals surface area contributed by atoms with Gasteiger partial charge in [-0.3, -0.25) is 0 Å². The van der Waals surface area contributed by atoms with E-state index < -0.39 is 14.5 Å². The quantitative estimate of drug-likeness (QED) is 0.335. The number of carbonyl (C=O) groups excluding carboxylic acids is 1. The van der Waals surface area contributed by atoms with Gasteiger partial charge in [0.2, 0.25) is 0 Å². The van der Waals surface area contributed by atoms with E-state index in [1.54, 1.807) is 0 Å². The van der Waals surface area contributed by atoms with Crippen molar-refractivity contribution >= 4 is 14.5 Å². The molecule has 0 saturated carbocycles. The molecule has 0 heterocycles. The van der Waals surface area contributed by atoms with Gasteiger partial charge in [0.1, 0.15) is 0 Å². The molecule has 0 aromatic carbocycles. The summed E-state index contributed by atoms with van der Waals surface area (Å²) in [5, 5.41) is 0.243. The fourth-order valence-electron chi connectivity index (χ4n) is 0.998. The molecule has 110 valence electrons. The van der Waals surface area contributed by atoms with E-state index in [2.05, 4.69) is 55.2 Å². The van der Waals surface area contributed by atoms with Crippen LogP contribution in [-0.4, -0.2) is 34.8 Å². The van der Waals surface area contributed by atoms with E-state index in [1.807, 2.05) is 0 Å². The molecule has 0 aromatic rings. The van der Waals surface area contributed by atoms with Crippen LogP contribution in [0.1, 0.15) is 33.6 Å². The van der Waals surface area contributed by atoms with Gasteiger partial charge in [0, 0.05) is 13.0 Å². The molecule has 0 unspecified atom stereocenters. The van der Waals surface area contributed by atoms with E-state index in [-0.39, 0.29) is 11.6 Å². The Morgan fingerprint density at radius 3 is 2.37 bits per heavy atom. The lowest BCUT2D eigenvalue weighted by atomic mass is 10.2. The number of hydrogen-bond donors (Lipinski definition) is 0. The second-order valence-corrected chi connectivity index (χ2v) is 10.6. The van der Waals surface area contributed by atoms with E-state index in [9.17, 15) is 4.79 Å². The van der Waals surface area contributed by atoms with E-state index in [1.165, 1.54) is 7.11 Å². The fraction of sp³-hybridized carbons (Fsp3) is 0.786. The van der Waals surface area contributed by atoms with Crippen molar-refractivity contribution in [3.63, 3.8) is 0 Å². The highest BCUT2D eigenvalue weighted by Gasteiger charge is 2.36. The molecule has 0 aliphatic heterocycles. The molecule has 0 spiro atoms. The summed E-state index contributed by atoms with van der Waals surface area (Å²) in [5.74, 6) is 5.70. The Balaban J connectivity index is 3.72. The number of unbranched alkanes of at least 4 members (excludes halogenated alkanes) is 1. The van der Waals surface area contributed by atoms with Crippen molar-refractivity contribution in [2.45, 2.75) is 51.7 Å². The average molecular weight is 286 g/mol. The van der Waals surface area contributed by atoms with Crippen LogP contribution >= 0.6 is 0 Å². The standard InChI is InChI=1S/C14H26O4Si/c1-14(2,3)19(5,6)18-12-10-8-7-9-11-17-13(15)16-4/h8,10-12H2,1-6H3. The molecule has 0 saturated heterocycles. The van der Waals surface area contributed by atoms with E-state index in [0.717, 1.165) is 19.4 Å². The Morgan fingerprint density at radius 1 is 1.21 bits per heavy atom. The molecular formula is C14H26O4Si. The molecule has 0 aliphatic carbocycles. The smallest absolute Gasteiger partial charge is 0.438 e. The van der Waals surface area contributed by atoms with E-state index >= 15 is 0 Å². The minimum absolute atomic E-state index is 0.0791. The lowest BCUT2D eigenvalue weighted by Crippen LogP contribution is -2.40. The van der Waals surface area contributed by atoms with Gasteiger partial charge in [-0.05, 0) is 24.6 Å². The van der Waals surface area contributed by atoms with Crippen LogP contribution in [-0.2, 0) is 13.9 Å². The summed E-state index contributed by atoms with van der Waals surface area (Å²) >= 11 is 0. The maximum atomic E-state index is 10.6. The monoisotopic (exact) mass is 286 g/mol. The summed E-state index contributed by atoms with van der Waals surface area (Å²) in [7, 11) is -0.362. The van der Waals surface area contributed by atoms with Crippen LogP contribution in [0.15, 0.2) is 0 Å². The molecule has 19 heavy (non-hydrogen) atoms. The second kappa shape index (κ2) is 8.23. The summed E-state index contributed by atoms with van der Waals surface area (Å²) in [6.45, 7) is 12.0. The van der Waals surface area contributed by atoms with Crippen LogP contribution < -0.4 is 0 Å². The first-order chi connectivity index (χ1) is 8.70. The average Bonchev–Trinajstić information content (AvgIpc) is 2.30. The van der Waals surface area contributed by atoms with Crippen LogP contribution in [0.5, 0.6) is 0 Å². The van der Waals surface area contributed by atoms with Gasteiger partial charge in [-0.25, -0.2) is 4.79 Å². The van der Waals surface area contributed by atoms with Crippen LogP contribution in [0.2, 0.25) is 18.1 Å². The zero-order valence-corrected chi connectivity index (χ0v) is 14.0. The highest BCUT2D eigenvalue weighted by atomic mass is 28.4. The number of carbonyl (C=O) groups is 1. The predicted octanol–water partition coefficient (Wildman–Crippen LogP) is 3.57. The molecule has 0 aromatic heterocycles. The van der Waals surface area contributed by atoms with Gasteiger partial charge in [0.25, 0.3) is 0 Å². The Hall–Kier alpha value is -0.993. The van der Waals surface area contributed by atoms with Gasteiger partial charge in [-0.1, -0.05) is 32.6 Å². The van der Waals surface area contributed by atoms with Gasteiger partial charge < -0.3 is 13.9 Å². The SMILES string of the molecule is COC(=O)OCC#CCCCO[Si](C)(C)C(C)(C)C. The van der Waals surface area contributed by atoms with Gasteiger partial charge in [-0.15, -0.1) is 0 Å². The third-order valence-electron chi connectivity index (χ3n) is 3.27. The normalized spacial score (nSPS) is 11.5. The molecule has 0 N–H and O–H groups in total. The summed E-state index contributed by atoms with van der Waals surface area (Å²) in [6, 6.07) is 0. The first-order valence-corrected chi connectivity index (χ1v) is 9.42. The fourth-order valence-corrected chi connectivity index (χ4v) is 2.09. The van der Waals surface area contributed by atoms with Crippen LogP contribution in [0, 0.1) is 11.8 Å². The molecule has 0 atom stereocenters.